The van der Waals surface area contributed by atoms with Gasteiger partial charge in [0.25, 0.3) is 0 Å². The molecule has 2 aromatic carbocycles. The van der Waals surface area contributed by atoms with E-state index in [9.17, 15) is 17.6 Å². The highest BCUT2D eigenvalue weighted by molar-refractivity contribution is 7.90. The monoisotopic (exact) mass is 582 g/mol. The number of methoxy groups -OCH3 is 1. The van der Waals surface area contributed by atoms with Gasteiger partial charge in [0.05, 0.1) is 24.6 Å². The molecule has 0 unspecified atom stereocenters. The van der Waals surface area contributed by atoms with E-state index in [1.807, 2.05) is 6.07 Å². The van der Waals surface area contributed by atoms with Gasteiger partial charge in [-0.05, 0) is 87.4 Å². The van der Waals surface area contributed by atoms with Crippen molar-refractivity contribution in [3.63, 3.8) is 0 Å². The van der Waals surface area contributed by atoms with Crippen LogP contribution in [0, 0.1) is 11.7 Å². The Bertz CT molecular complexity index is 1490. The fourth-order valence-electron chi connectivity index (χ4n) is 5.31. The highest BCUT2D eigenvalue weighted by Gasteiger charge is 2.34. The van der Waals surface area contributed by atoms with Crippen molar-refractivity contribution < 1.29 is 27.1 Å². The largest absolute Gasteiger partial charge is 0.481 e. The van der Waals surface area contributed by atoms with Crippen molar-refractivity contribution in [1.29, 1.82) is 0 Å². The third kappa shape index (κ3) is 7.92. The number of esters is 1. The number of carbonyl (C=O) groups excluding carboxylic acids is 1. The summed E-state index contributed by atoms with van der Waals surface area (Å²) < 4.78 is 50.1. The second-order valence-corrected chi connectivity index (χ2v) is 13.6. The van der Waals surface area contributed by atoms with Crippen molar-refractivity contribution in [3.05, 3.63) is 77.2 Å². The van der Waals surface area contributed by atoms with Gasteiger partial charge in [-0.3, -0.25) is 4.90 Å². The number of rotatable bonds is 12. The number of nitrogens with zero attached hydrogens (tertiary/aromatic N) is 2. The Balaban J connectivity index is 1.67. The van der Waals surface area contributed by atoms with Crippen molar-refractivity contribution in [2.75, 3.05) is 19.1 Å². The number of pyridine rings is 1. The van der Waals surface area contributed by atoms with E-state index in [1.54, 1.807) is 42.5 Å². The fraction of sp³-hybridized carbons (Fsp3) is 0.438. The Kier molecular flexibility index (Phi) is 9.49. The molecule has 0 N–H and O–H groups in total. The highest BCUT2D eigenvalue weighted by atomic mass is 32.2. The molecule has 41 heavy (non-hydrogen) atoms. The normalized spacial score (nSPS) is 14.5. The second-order valence-electron chi connectivity index (χ2n) is 11.4. The Labute approximate surface area is 242 Å². The van der Waals surface area contributed by atoms with Gasteiger partial charge >= 0.3 is 5.97 Å². The van der Waals surface area contributed by atoms with Gasteiger partial charge in [-0.2, -0.15) is 0 Å². The van der Waals surface area contributed by atoms with Crippen LogP contribution in [0.25, 0.3) is 11.1 Å². The van der Waals surface area contributed by atoms with E-state index in [4.69, 9.17) is 9.47 Å². The van der Waals surface area contributed by atoms with Gasteiger partial charge in [0.15, 0.2) is 0 Å². The maximum Gasteiger partial charge on any atom is 0.343 e. The average Bonchev–Trinajstić information content (AvgIpc) is 3.75. The zero-order chi connectivity index (χ0) is 29.9. The molecule has 1 aromatic heterocycles. The second kappa shape index (κ2) is 12.7. The van der Waals surface area contributed by atoms with E-state index in [0.717, 1.165) is 30.2 Å². The molecule has 1 aliphatic carbocycles. The van der Waals surface area contributed by atoms with E-state index in [0.29, 0.717) is 40.8 Å². The number of aromatic nitrogens is 1. The maximum atomic E-state index is 15.0. The molecule has 9 heteroatoms. The van der Waals surface area contributed by atoms with Crippen LogP contribution in [0.4, 0.5) is 4.39 Å². The molecule has 0 radical (unpaired) electrons. The number of hydrogen-bond donors (Lipinski definition) is 0. The molecule has 1 atom stereocenters. The number of carbonyl (C=O) groups is 1. The first kappa shape index (κ1) is 30.7. The molecule has 1 heterocycles. The summed E-state index contributed by atoms with van der Waals surface area (Å²) in [4.78, 5) is 19.6. The Morgan fingerprint density at radius 2 is 1.76 bits per heavy atom. The topological polar surface area (TPSA) is 85.8 Å². The minimum atomic E-state index is -3.17. The third-order valence-electron chi connectivity index (χ3n) is 7.52. The van der Waals surface area contributed by atoms with Crippen LogP contribution in [-0.4, -0.2) is 55.5 Å². The van der Waals surface area contributed by atoms with Crippen LogP contribution in [0.15, 0.2) is 54.7 Å². The Morgan fingerprint density at radius 1 is 1.05 bits per heavy atom. The molecular weight excluding hydrogens is 543 g/mol. The molecule has 1 aliphatic rings. The summed E-state index contributed by atoms with van der Waals surface area (Å²) in [5, 5.41) is 0. The SMILES string of the molecule is COc1cc(-c2ccc(C(=O)Oc3cccc([C@@H](CS(C)(=O)=O)C4CC4)c3)cc2CN(C(C)C)C(C)C)c(F)cn1. The molecule has 1 saturated carbocycles. The first-order valence-electron chi connectivity index (χ1n) is 13.9. The first-order valence-corrected chi connectivity index (χ1v) is 16.0. The van der Waals surface area contributed by atoms with E-state index >= 15 is 0 Å². The molecule has 0 saturated heterocycles. The number of ether oxygens (including phenoxy) is 2. The summed E-state index contributed by atoms with van der Waals surface area (Å²) in [6, 6.07) is 14.2. The highest BCUT2D eigenvalue weighted by Crippen LogP contribution is 2.44. The summed E-state index contributed by atoms with van der Waals surface area (Å²) in [5.74, 6) is -0.122. The van der Waals surface area contributed by atoms with E-state index in [1.165, 1.54) is 13.4 Å². The average molecular weight is 583 g/mol. The zero-order valence-corrected chi connectivity index (χ0v) is 25.4. The minimum absolute atomic E-state index is 0.0679. The van der Waals surface area contributed by atoms with Crippen molar-refractivity contribution in [2.24, 2.45) is 5.92 Å². The number of halogens is 1. The van der Waals surface area contributed by atoms with E-state index < -0.39 is 21.6 Å². The predicted octanol–water partition coefficient (Wildman–Crippen LogP) is 6.27. The molecular formula is C32H39FN2O5S. The van der Waals surface area contributed by atoms with E-state index in [2.05, 4.69) is 37.6 Å². The summed E-state index contributed by atoms with van der Waals surface area (Å²) in [5.41, 5.74) is 2.93. The lowest BCUT2D eigenvalue weighted by molar-refractivity contribution is 0.0734. The number of hydrogen-bond acceptors (Lipinski definition) is 7. The zero-order valence-electron chi connectivity index (χ0n) is 24.6. The lowest BCUT2D eigenvalue weighted by Crippen LogP contribution is -2.36. The third-order valence-corrected chi connectivity index (χ3v) is 8.48. The van der Waals surface area contributed by atoms with Crippen LogP contribution in [0.3, 0.4) is 0 Å². The minimum Gasteiger partial charge on any atom is -0.481 e. The summed E-state index contributed by atoms with van der Waals surface area (Å²) in [7, 11) is -1.69. The summed E-state index contributed by atoms with van der Waals surface area (Å²) >= 11 is 0. The van der Waals surface area contributed by atoms with Crippen LogP contribution in [0.1, 0.15) is 67.9 Å². The molecule has 0 aliphatic heterocycles. The molecule has 220 valence electrons. The van der Waals surface area contributed by atoms with Gasteiger partial charge in [-0.25, -0.2) is 22.6 Å². The van der Waals surface area contributed by atoms with Crippen LogP contribution in [0.2, 0.25) is 0 Å². The molecule has 4 rings (SSSR count). The van der Waals surface area contributed by atoms with E-state index in [-0.39, 0.29) is 23.8 Å². The predicted molar refractivity (Wildman–Crippen MR) is 159 cm³/mol. The Hall–Kier alpha value is -3.30. The molecule has 1 fully saturated rings. The summed E-state index contributed by atoms with van der Waals surface area (Å²) in [6.07, 6.45) is 4.37. The van der Waals surface area contributed by atoms with Crippen LogP contribution >= 0.6 is 0 Å². The van der Waals surface area contributed by atoms with Crippen molar-refractivity contribution in [2.45, 2.75) is 65.1 Å². The van der Waals surface area contributed by atoms with Gasteiger partial charge in [-0.1, -0.05) is 18.2 Å². The fourth-order valence-corrected chi connectivity index (χ4v) is 6.43. The summed E-state index contributed by atoms with van der Waals surface area (Å²) in [6.45, 7) is 8.87. The van der Waals surface area contributed by atoms with Gasteiger partial charge < -0.3 is 9.47 Å². The van der Waals surface area contributed by atoms with Crippen LogP contribution < -0.4 is 9.47 Å². The van der Waals surface area contributed by atoms with Gasteiger partial charge in [0.2, 0.25) is 5.88 Å². The number of benzene rings is 2. The number of sulfone groups is 1. The first-order chi connectivity index (χ1) is 19.4. The van der Waals surface area contributed by atoms with Crippen molar-refractivity contribution in [1.82, 2.24) is 9.88 Å². The van der Waals surface area contributed by atoms with Crippen LogP contribution in [-0.2, 0) is 16.4 Å². The smallest absolute Gasteiger partial charge is 0.343 e. The maximum absolute atomic E-state index is 15.0. The molecule has 0 spiro atoms. The van der Waals surface area contributed by atoms with Crippen molar-refractivity contribution in [3.8, 4) is 22.8 Å². The van der Waals surface area contributed by atoms with Crippen molar-refractivity contribution >= 4 is 15.8 Å². The van der Waals surface area contributed by atoms with Gasteiger partial charge in [0.1, 0.15) is 21.4 Å². The standard InChI is InChI=1S/C32H39FN2O5S/c1-20(2)35(21(3)4)18-25-14-24(12-13-27(25)28-16-31(39-5)34-17-30(28)33)32(36)40-26-9-7-8-23(15-26)29(22-10-11-22)19-41(6,37)38/h7-9,12-17,20-22,29H,10-11,18-19H2,1-6H3/t29-/m0/s1. The van der Waals surface area contributed by atoms with Crippen LogP contribution in [0.5, 0.6) is 11.6 Å². The Morgan fingerprint density at radius 3 is 2.37 bits per heavy atom. The molecule has 0 amide bonds. The lowest BCUT2D eigenvalue weighted by atomic mass is 9.96. The molecule has 7 nitrogen and oxygen atoms in total. The lowest BCUT2D eigenvalue weighted by Gasteiger charge is -2.31. The quantitative estimate of drug-likeness (QED) is 0.184. The van der Waals surface area contributed by atoms with Gasteiger partial charge in [0, 0.05) is 42.4 Å². The molecule has 0 bridgehead atoms. The molecule has 3 aromatic rings. The van der Waals surface area contributed by atoms with Gasteiger partial charge in [-0.15, -0.1) is 0 Å².